The van der Waals surface area contributed by atoms with Crippen molar-refractivity contribution in [2.75, 3.05) is 36.4 Å². The average molecular weight is 508 g/mol. The maximum atomic E-state index is 4.74. The Balaban J connectivity index is 1.08. The van der Waals surface area contributed by atoms with Gasteiger partial charge < -0.3 is 14.8 Å². The van der Waals surface area contributed by atoms with E-state index in [1.807, 2.05) is 6.33 Å². The van der Waals surface area contributed by atoms with E-state index >= 15 is 0 Å². The van der Waals surface area contributed by atoms with Crippen molar-refractivity contribution < 1.29 is 0 Å². The van der Waals surface area contributed by atoms with Crippen molar-refractivity contribution >= 4 is 40.2 Å². The minimum absolute atomic E-state index is 0.671. The van der Waals surface area contributed by atoms with Crippen molar-refractivity contribution in [2.24, 2.45) is 0 Å². The molecule has 1 saturated heterocycles. The second-order valence-electron chi connectivity index (χ2n) is 9.26. The first-order valence-electron chi connectivity index (χ1n) is 12.4. The van der Waals surface area contributed by atoms with Crippen LogP contribution in [-0.2, 0) is 13.1 Å². The summed E-state index contributed by atoms with van der Waals surface area (Å²) >= 11 is 1.64. The molecule has 9 nitrogen and oxygen atoms in total. The summed E-state index contributed by atoms with van der Waals surface area (Å²) in [5, 5.41) is 4.31. The molecule has 5 heterocycles. The zero-order valence-corrected chi connectivity index (χ0v) is 21.0. The van der Waals surface area contributed by atoms with Gasteiger partial charge in [0.2, 0.25) is 0 Å². The highest BCUT2D eigenvalue weighted by Gasteiger charge is 2.22. The standard InChI is InChI=1S/C27H25N9S/c1-2-4-19(5-3-1)15-34-10-12-35(13-11-34)25-23-26(31-17-30-25)36(18-32-23)16-20-6-7-22-21(14-20)33-24-27(37-22)29-9-8-28-24/h1-9,14,17-18H,10-13,15-16H2,(H,28,33). The van der Waals surface area contributed by atoms with Gasteiger partial charge in [-0.05, 0) is 23.3 Å². The molecule has 2 aliphatic heterocycles. The molecule has 1 N–H and O–H groups in total. The molecule has 0 unspecified atom stereocenters. The molecular formula is C27H25N9S. The quantitative estimate of drug-likeness (QED) is 0.369. The number of hydrogen-bond donors (Lipinski definition) is 1. The SMILES string of the molecule is c1ccc(CN2CCN(c3ncnc4c3ncn4Cc3ccc4c(c3)Nc3nccnc3S4)CC2)cc1. The fourth-order valence-electron chi connectivity index (χ4n) is 4.95. The molecule has 7 rings (SSSR count). The Bertz CT molecular complexity index is 1560. The molecule has 2 aromatic carbocycles. The van der Waals surface area contributed by atoms with Crippen LogP contribution in [0.5, 0.6) is 0 Å². The van der Waals surface area contributed by atoms with Crippen LogP contribution in [0.15, 0.2) is 83.5 Å². The van der Waals surface area contributed by atoms with Crippen molar-refractivity contribution in [1.82, 2.24) is 34.4 Å². The van der Waals surface area contributed by atoms with Crippen LogP contribution >= 0.6 is 11.8 Å². The lowest BCUT2D eigenvalue weighted by Crippen LogP contribution is -2.46. The normalized spacial score (nSPS) is 15.3. The van der Waals surface area contributed by atoms with Gasteiger partial charge in [0.25, 0.3) is 0 Å². The molecule has 37 heavy (non-hydrogen) atoms. The number of aromatic nitrogens is 6. The highest BCUT2D eigenvalue weighted by atomic mass is 32.2. The number of anilines is 3. The molecule has 2 aliphatic rings. The van der Waals surface area contributed by atoms with Gasteiger partial charge in [0.1, 0.15) is 11.4 Å². The predicted octanol–water partition coefficient (Wildman–Crippen LogP) is 4.20. The van der Waals surface area contributed by atoms with Crippen molar-refractivity contribution in [3.05, 3.63) is 84.7 Å². The van der Waals surface area contributed by atoms with Crippen molar-refractivity contribution in [2.45, 2.75) is 23.0 Å². The zero-order chi connectivity index (χ0) is 24.6. The number of benzene rings is 2. The van der Waals surface area contributed by atoms with E-state index in [1.54, 1.807) is 30.5 Å². The molecule has 1 fully saturated rings. The molecule has 0 radical (unpaired) electrons. The maximum Gasteiger partial charge on any atom is 0.165 e. The molecule has 3 aromatic heterocycles. The Labute approximate surface area is 218 Å². The Kier molecular flexibility index (Phi) is 5.67. The molecule has 5 aromatic rings. The number of rotatable bonds is 5. The Morgan fingerprint density at radius 3 is 2.57 bits per heavy atom. The third kappa shape index (κ3) is 4.38. The molecule has 10 heteroatoms. The number of nitrogens with zero attached hydrogens (tertiary/aromatic N) is 8. The summed E-state index contributed by atoms with van der Waals surface area (Å²) in [5.74, 6) is 1.72. The molecule has 0 aliphatic carbocycles. The number of fused-ring (bicyclic) bond motifs is 3. The Morgan fingerprint density at radius 2 is 1.68 bits per heavy atom. The smallest absolute Gasteiger partial charge is 0.165 e. The summed E-state index contributed by atoms with van der Waals surface area (Å²) in [6, 6.07) is 17.1. The van der Waals surface area contributed by atoms with Gasteiger partial charge in [0.15, 0.2) is 22.8 Å². The summed E-state index contributed by atoms with van der Waals surface area (Å²) in [6.07, 6.45) is 6.96. The van der Waals surface area contributed by atoms with Gasteiger partial charge in [-0.15, -0.1) is 0 Å². The fraction of sp³-hybridized carbons (Fsp3) is 0.222. The van der Waals surface area contributed by atoms with Crippen molar-refractivity contribution in [1.29, 1.82) is 0 Å². The molecule has 0 bridgehead atoms. The predicted molar refractivity (Wildman–Crippen MR) is 144 cm³/mol. The van der Waals surface area contributed by atoms with Crippen LogP contribution in [0.1, 0.15) is 11.1 Å². The Morgan fingerprint density at radius 1 is 0.811 bits per heavy atom. The van der Waals surface area contributed by atoms with Crippen LogP contribution in [-0.4, -0.2) is 60.6 Å². The number of piperazine rings is 1. The summed E-state index contributed by atoms with van der Waals surface area (Å²) < 4.78 is 2.09. The second kappa shape index (κ2) is 9.45. The molecule has 0 amide bonds. The largest absolute Gasteiger partial charge is 0.352 e. The molecule has 0 atom stereocenters. The lowest BCUT2D eigenvalue weighted by atomic mass is 10.2. The summed E-state index contributed by atoms with van der Waals surface area (Å²) in [6.45, 7) is 5.48. The van der Waals surface area contributed by atoms with Gasteiger partial charge in [-0.1, -0.05) is 48.2 Å². The molecular weight excluding hydrogens is 482 g/mol. The number of nitrogens with one attached hydrogen (secondary N) is 1. The van der Waals surface area contributed by atoms with Gasteiger partial charge in [-0.25, -0.2) is 24.9 Å². The van der Waals surface area contributed by atoms with Crippen molar-refractivity contribution in [3.63, 3.8) is 0 Å². The van der Waals surface area contributed by atoms with E-state index in [0.29, 0.717) is 6.54 Å². The van der Waals surface area contributed by atoms with Crippen LogP contribution in [0.3, 0.4) is 0 Å². The van der Waals surface area contributed by atoms with E-state index in [4.69, 9.17) is 4.98 Å². The lowest BCUT2D eigenvalue weighted by Gasteiger charge is -2.35. The summed E-state index contributed by atoms with van der Waals surface area (Å²) in [5.41, 5.74) is 5.27. The first-order valence-corrected chi connectivity index (χ1v) is 13.2. The van der Waals surface area contributed by atoms with Gasteiger partial charge >= 0.3 is 0 Å². The highest BCUT2D eigenvalue weighted by Crippen LogP contribution is 2.42. The lowest BCUT2D eigenvalue weighted by molar-refractivity contribution is 0.249. The van der Waals surface area contributed by atoms with Gasteiger partial charge in [0.05, 0.1) is 18.6 Å². The van der Waals surface area contributed by atoms with Crippen LogP contribution in [0.2, 0.25) is 0 Å². The monoisotopic (exact) mass is 507 g/mol. The topological polar surface area (TPSA) is 87.9 Å². The van der Waals surface area contributed by atoms with E-state index < -0.39 is 0 Å². The van der Waals surface area contributed by atoms with E-state index in [9.17, 15) is 0 Å². The minimum Gasteiger partial charge on any atom is -0.352 e. The van der Waals surface area contributed by atoms with E-state index in [2.05, 4.69) is 88.2 Å². The molecule has 0 saturated carbocycles. The second-order valence-corrected chi connectivity index (χ2v) is 10.3. The summed E-state index contributed by atoms with van der Waals surface area (Å²) in [4.78, 5) is 28.8. The molecule has 184 valence electrons. The van der Waals surface area contributed by atoms with Crippen LogP contribution in [0.4, 0.5) is 17.3 Å². The van der Waals surface area contributed by atoms with Crippen LogP contribution < -0.4 is 10.2 Å². The highest BCUT2D eigenvalue weighted by molar-refractivity contribution is 7.99. The number of hydrogen-bond acceptors (Lipinski definition) is 9. The third-order valence-electron chi connectivity index (χ3n) is 6.82. The maximum absolute atomic E-state index is 4.74. The average Bonchev–Trinajstić information content (AvgIpc) is 3.36. The van der Waals surface area contributed by atoms with Crippen molar-refractivity contribution in [3.8, 4) is 0 Å². The Hall–Kier alpha value is -4.02. The van der Waals surface area contributed by atoms with Gasteiger partial charge in [-0.2, -0.15) is 0 Å². The van der Waals surface area contributed by atoms with Gasteiger partial charge in [-0.3, -0.25) is 4.90 Å². The minimum atomic E-state index is 0.671. The van der Waals surface area contributed by atoms with Crippen LogP contribution in [0.25, 0.3) is 11.2 Å². The summed E-state index contributed by atoms with van der Waals surface area (Å²) in [7, 11) is 0. The van der Waals surface area contributed by atoms with Crippen LogP contribution in [0, 0.1) is 0 Å². The first kappa shape index (κ1) is 22.2. The number of imidazole rings is 1. The first-order chi connectivity index (χ1) is 18.3. The van der Waals surface area contributed by atoms with E-state index in [1.165, 1.54) is 5.56 Å². The zero-order valence-electron chi connectivity index (χ0n) is 20.2. The van der Waals surface area contributed by atoms with E-state index in [0.717, 1.165) is 76.7 Å². The van der Waals surface area contributed by atoms with E-state index in [-0.39, 0.29) is 0 Å². The van der Waals surface area contributed by atoms with Gasteiger partial charge in [0, 0.05) is 50.0 Å². The fourth-order valence-corrected chi connectivity index (χ4v) is 5.83. The molecule has 0 spiro atoms. The third-order valence-corrected chi connectivity index (χ3v) is 7.89.